The fourth-order valence-electron chi connectivity index (χ4n) is 4.21. The summed E-state index contributed by atoms with van der Waals surface area (Å²) < 4.78 is 5.98. The van der Waals surface area contributed by atoms with Crippen molar-refractivity contribution < 1.29 is 14.6 Å². The Labute approximate surface area is 238 Å². The molecule has 38 heavy (non-hydrogen) atoms. The number of β-amino-alcohol motifs (C(OH)–C–C–N with tert-alkyl or cyclic N) is 1. The third-order valence-corrected chi connectivity index (χ3v) is 7.78. The van der Waals surface area contributed by atoms with Crippen molar-refractivity contribution in [3.8, 4) is 5.75 Å². The summed E-state index contributed by atoms with van der Waals surface area (Å²) in [5.41, 5.74) is 1.53. The number of carbonyl (C=O) groups is 1. The van der Waals surface area contributed by atoms with Crippen LogP contribution in [-0.2, 0) is 0 Å². The lowest BCUT2D eigenvalue weighted by atomic mass is 10.2. The molecule has 4 rings (SSSR count). The van der Waals surface area contributed by atoms with Crippen LogP contribution in [0, 0.1) is 0 Å². The van der Waals surface area contributed by atoms with E-state index in [9.17, 15) is 9.90 Å². The Hall–Kier alpha value is -2.49. The zero-order valence-corrected chi connectivity index (χ0v) is 23.8. The van der Waals surface area contributed by atoms with Gasteiger partial charge in [0, 0.05) is 50.4 Å². The van der Waals surface area contributed by atoms with Gasteiger partial charge in [-0.2, -0.15) is 0 Å². The minimum atomic E-state index is -0.690. The number of ether oxygens (including phenoxy) is 1. The molecule has 1 fully saturated rings. The van der Waals surface area contributed by atoms with Gasteiger partial charge in [-0.1, -0.05) is 47.1 Å². The average Bonchev–Trinajstić information content (AvgIpc) is 2.90. The number of benzene rings is 2. The monoisotopic (exact) mass is 574 g/mol. The van der Waals surface area contributed by atoms with Gasteiger partial charge in [0.15, 0.2) is 0 Å². The molecule has 0 spiro atoms. The molecule has 1 aromatic heterocycles. The standard InChI is InChI=1S/C28H32Cl2N4O3S/c1-19(2)37-26-8-4-3-7-25(26)34-14-12-33(13-15-34)18-20(35)17-32-27(36)22-6-5-11-31-28(22)38-21-9-10-23(29)24(30)16-21/h3-11,16,19-20,35H,12-15,17-18H2,1-2H3,(H,32,36). The minimum Gasteiger partial charge on any atom is -0.489 e. The van der Waals surface area contributed by atoms with Crippen molar-refractivity contribution in [2.45, 2.75) is 36.0 Å². The van der Waals surface area contributed by atoms with Crippen LogP contribution in [0.5, 0.6) is 5.75 Å². The van der Waals surface area contributed by atoms with Gasteiger partial charge in [-0.05, 0) is 56.3 Å². The third-order valence-electron chi connectivity index (χ3n) is 6.03. The molecule has 0 aliphatic carbocycles. The van der Waals surface area contributed by atoms with E-state index in [1.54, 1.807) is 30.5 Å². The Bertz CT molecular complexity index is 1240. The van der Waals surface area contributed by atoms with Crippen LogP contribution in [0.1, 0.15) is 24.2 Å². The number of rotatable bonds is 10. The quantitative estimate of drug-likeness (QED) is 0.343. The predicted molar refractivity (Wildman–Crippen MR) is 154 cm³/mol. The number of aliphatic hydroxyl groups excluding tert-OH is 1. The Morgan fingerprint density at radius 1 is 1.08 bits per heavy atom. The van der Waals surface area contributed by atoms with Crippen LogP contribution in [-0.4, -0.2) is 72.4 Å². The topological polar surface area (TPSA) is 77.9 Å². The first kappa shape index (κ1) is 28.5. The van der Waals surface area contributed by atoms with Crippen LogP contribution in [0.4, 0.5) is 5.69 Å². The number of para-hydroxylation sites is 2. The molecule has 2 aromatic carbocycles. The number of hydrogen-bond acceptors (Lipinski definition) is 7. The molecule has 1 saturated heterocycles. The molecule has 0 bridgehead atoms. The molecule has 0 saturated carbocycles. The maximum atomic E-state index is 12.9. The molecule has 1 unspecified atom stereocenters. The second-order valence-electron chi connectivity index (χ2n) is 9.32. The highest BCUT2D eigenvalue weighted by molar-refractivity contribution is 7.99. The minimum absolute atomic E-state index is 0.111. The van der Waals surface area contributed by atoms with Crippen molar-refractivity contribution in [2.75, 3.05) is 44.2 Å². The van der Waals surface area contributed by atoms with Crippen molar-refractivity contribution in [1.29, 1.82) is 0 Å². The summed E-state index contributed by atoms with van der Waals surface area (Å²) in [4.78, 5) is 22.6. The summed E-state index contributed by atoms with van der Waals surface area (Å²) in [7, 11) is 0. The summed E-state index contributed by atoms with van der Waals surface area (Å²) in [5, 5.41) is 15.0. The lowest BCUT2D eigenvalue weighted by Gasteiger charge is -2.37. The summed E-state index contributed by atoms with van der Waals surface area (Å²) in [5.74, 6) is 0.608. The summed E-state index contributed by atoms with van der Waals surface area (Å²) in [6.07, 6.45) is 1.06. The van der Waals surface area contributed by atoms with E-state index >= 15 is 0 Å². The Morgan fingerprint density at radius 3 is 2.58 bits per heavy atom. The zero-order valence-electron chi connectivity index (χ0n) is 21.4. The zero-order chi connectivity index (χ0) is 27.1. The Morgan fingerprint density at radius 2 is 1.84 bits per heavy atom. The molecule has 7 nitrogen and oxygen atoms in total. The first-order valence-corrected chi connectivity index (χ1v) is 14.1. The molecular weight excluding hydrogens is 543 g/mol. The fourth-order valence-corrected chi connectivity index (χ4v) is 5.49. The van der Waals surface area contributed by atoms with Crippen molar-refractivity contribution in [1.82, 2.24) is 15.2 Å². The van der Waals surface area contributed by atoms with Gasteiger partial charge in [0.1, 0.15) is 10.8 Å². The molecule has 1 aliphatic rings. The summed E-state index contributed by atoms with van der Waals surface area (Å²) in [6.45, 7) is 7.98. The highest BCUT2D eigenvalue weighted by Gasteiger charge is 2.22. The highest BCUT2D eigenvalue weighted by atomic mass is 35.5. The third kappa shape index (κ3) is 7.77. The second-order valence-corrected chi connectivity index (χ2v) is 11.2. The van der Waals surface area contributed by atoms with Crippen LogP contribution in [0.2, 0.25) is 10.0 Å². The van der Waals surface area contributed by atoms with Crippen LogP contribution >= 0.6 is 35.0 Å². The van der Waals surface area contributed by atoms with Gasteiger partial charge in [0.25, 0.3) is 5.91 Å². The van der Waals surface area contributed by atoms with E-state index < -0.39 is 6.10 Å². The SMILES string of the molecule is CC(C)Oc1ccccc1N1CCN(CC(O)CNC(=O)c2cccnc2Sc2ccc(Cl)c(Cl)c2)CC1. The van der Waals surface area contributed by atoms with E-state index in [2.05, 4.69) is 26.2 Å². The normalized spacial score (nSPS) is 14.9. The summed E-state index contributed by atoms with van der Waals surface area (Å²) >= 11 is 13.5. The lowest BCUT2D eigenvalue weighted by molar-refractivity contribution is 0.0848. The van der Waals surface area contributed by atoms with Gasteiger partial charge in [0.05, 0.1) is 33.5 Å². The maximum Gasteiger partial charge on any atom is 0.254 e. The molecule has 2 heterocycles. The summed E-state index contributed by atoms with van der Waals surface area (Å²) in [6, 6.07) is 16.8. The molecular formula is C28H32Cl2N4O3S. The first-order valence-electron chi connectivity index (χ1n) is 12.6. The van der Waals surface area contributed by atoms with E-state index in [0.717, 1.165) is 42.5 Å². The second kappa shape index (κ2) is 13.5. The number of amides is 1. The smallest absolute Gasteiger partial charge is 0.254 e. The van der Waals surface area contributed by atoms with Gasteiger partial charge in [-0.3, -0.25) is 9.69 Å². The molecule has 1 atom stereocenters. The number of anilines is 1. The average molecular weight is 576 g/mol. The van der Waals surface area contributed by atoms with Crippen LogP contribution in [0.3, 0.4) is 0 Å². The number of halogens is 2. The number of aromatic nitrogens is 1. The lowest BCUT2D eigenvalue weighted by Crippen LogP contribution is -2.50. The number of piperazine rings is 1. The van der Waals surface area contributed by atoms with Crippen molar-refractivity contribution in [2.24, 2.45) is 0 Å². The molecule has 1 amide bonds. The number of carbonyl (C=O) groups excluding carboxylic acids is 1. The van der Waals surface area contributed by atoms with Gasteiger partial charge in [0.2, 0.25) is 0 Å². The largest absolute Gasteiger partial charge is 0.489 e. The highest BCUT2D eigenvalue weighted by Crippen LogP contribution is 2.33. The molecule has 202 valence electrons. The number of hydrogen-bond donors (Lipinski definition) is 2. The molecule has 0 radical (unpaired) electrons. The van der Waals surface area contributed by atoms with Crippen molar-refractivity contribution in [3.05, 3.63) is 76.4 Å². The molecule has 1 aliphatic heterocycles. The van der Waals surface area contributed by atoms with Gasteiger partial charge in [-0.15, -0.1) is 0 Å². The van der Waals surface area contributed by atoms with E-state index in [1.807, 2.05) is 38.1 Å². The molecule has 10 heteroatoms. The number of pyridine rings is 1. The number of aliphatic hydroxyl groups is 1. The fraction of sp³-hybridized carbons (Fsp3) is 0.357. The van der Waals surface area contributed by atoms with E-state index in [-0.39, 0.29) is 18.6 Å². The van der Waals surface area contributed by atoms with E-state index in [0.29, 0.717) is 27.2 Å². The van der Waals surface area contributed by atoms with Gasteiger partial charge in [-0.25, -0.2) is 4.98 Å². The Kier molecular flexibility index (Phi) is 10.2. The van der Waals surface area contributed by atoms with Crippen LogP contribution in [0.25, 0.3) is 0 Å². The van der Waals surface area contributed by atoms with E-state index in [1.165, 1.54) is 11.8 Å². The number of nitrogens with zero attached hydrogens (tertiary/aromatic N) is 3. The molecule has 2 N–H and O–H groups in total. The van der Waals surface area contributed by atoms with Gasteiger partial charge < -0.3 is 20.1 Å². The van der Waals surface area contributed by atoms with E-state index in [4.69, 9.17) is 27.9 Å². The van der Waals surface area contributed by atoms with Crippen molar-refractivity contribution >= 4 is 46.6 Å². The maximum absolute atomic E-state index is 12.9. The molecule has 3 aromatic rings. The van der Waals surface area contributed by atoms with Gasteiger partial charge >= 0.3 is 0 Å². The van der Waals surface area contributed by atoms with Crippen LogP contribution in [0.15, 0.2) is 70.7 Å². The number of nitrogens with one attached hydrogen (secondary N) is 1. The van der Waals surface area contributed by atoms with Crippen molar-refractivity contribution in [3.63, 3.8) is 0 Å². The van der Waals surface area contributed by atoms with Crippen LogP contribution < -0.4 is 15.0 Å². The predicted octanol–water partition coefficient (Wildman–Crippen LogP) is 5.24. The Balaban J connectivity index is 1.27. The first-order chi connectivity index (χ1) is 18.3.